The highest BCUT2D eigenvalue weighted by atomic mass is 35.5. The van der Waals surface area contributed by atoms with Gasteiger partial charge in [-0.25, -0.2) is 21.6 Å². The van der Waals surface area contributed by atoms with E-state index < -0.39 is 32.4 Å². The van der Waals surface area contributed by atoms with Gasteiger partial charge < -0.3 is 0 Å². The summed E-state index contributed by atoms with van der Waals surface area (Å²) in [7, 11) is -3.14. The van der Waals surface area contributed by atoms with Gasteiger partial charge in [-0.15, -0.1) is 0 Å². The summed E-state index contributed by atoms with van der Waals surface area (Å²) in [6.45, 7) is -0.138. The Morgan fingerprint density at radius 3 is 2.32 bits per heavy atom. The van der Waals surface area contributed by atoms with E-state index in [9.17, 15) is 21.6 Å². The van der Waals surface area contributed by atoms with Crippen molar-refractivity contribution < 1.29 is 21.6 Å². The van der Waals surface area contributed by atoms with Crippen molar-refractivity contribution in [1.82, 2.24) is 4.31 Å². The van der Waals surface area contributed by atoms with Gasteiger partial charge in [-0.3, -0.25) is 0 Å². The van der Waals surface area contributed by atoms with Gasteiger partial charge in [-0.1, -0.05) is 29.8 Å². The Labute approximate surface area is 131 Å². The van der Waals surface area contributed by atoms with Crippen molar-refractivity contribution in [2.24, 2.45) is 0 Å². The fourth-order valence-electron chi connectivity index (χ4n) is 1.83. The molecule has 0 spiro atoms. The predicted octanol–water partition coefficient (Wildman–Crippen LogP) is 3.58. The van der Waals surface area contributed by atoms with Crippen molar-refractivity contribution in [1.29, 1.82) is 0 Å². The molecule has 8 heteroatoms. The minimum atomic E-state index is -4.33. The normalized spacial score (nSPS) is 11.9. The molecular weight excluding hydrogens is 339 g/mol. The zero-order chi connectivity index (χ0) is 16.5. The first-order chi connectivity index (χ1) is 10.2. The van der Waals surface area contributed by atoms with Gasteiger partial charge in [0.25, 0.3) is 0 Å². The van der Waals surface area contributed by atoms with E-state index in [0.717, 1.165) is 4.31 Å². The van der Waals surface area contributed by atoms with Crippen LogP contribution in [0.15, 0.2) is 41.3 Å². The molecule has 0 fully saturated rings. The monoisotopic (exact) mass is 349 g/mol. The molecule has 0 saturated heterocycles. The van der Waals surface area contributed by atoms with Gasteiger partial charge in [0, 0.05) is 18.6 Å². The lowest BCUT2D eigenvalue weighted by molar-refractivity contribution is 0.421. The standard InChI is InChI=1S/C14H11ClF3NO2S/c1-19(8-9-4-2-3-5-10(9)15)22(20,21)12-7-6-11(16)13(17)14(12)18/h2-7H,8H2,1H3. The minimum absolute atomic E-state index is 0.138. The van der Waals surface area contributed by atoms with Crippen LogP contribution in [0.4, 0.5) is 13.2 Å². The van der Waals surface area contributed by atoms with E-state index in [2.05, 4.69) is 0 Å². The lowest BCUT2D eigenvalue weighted by Crippen LogP contribution is -2.27. The summed E-state index contributed by atoms with van der Waals surface area (Å²) in [5.41, 5.74) is 0.498. The molecule has 0 amide bonds. The second-order valence-corrected chi connectivity index (χ2v) is 6.95. The molecule has 0 aromatic heterocycles. The largest absolute Gasteiger partial charge is 0.246 e. The molecule has 0 atom stereocenters. The number of hydrogen-bond acceptors (Lipinski definition) is 2. The first kappa shape index (κ1) is 16.8. The van der Waals surface area contributed by atoms with Crippen molar-refractivity contribution in [3.05, 3.63) is 64.4 Å². The fraction of sp³-hybridized carbons (Fsp3) is 0.143. The average molecular weight is 350 g/mol. The highest BCUT2D eigenvalue weighted by Crippen LogP contribution is 2.25. The third-order valence-corrected chi connectivity index (χ3v) is 5.23. The molecule has 0 bridgehead atoms. The Hall–Kier alpha value is -1.57. The lowest BCUT2D eigenvalue weighted by atomic mass is 10.2. The third-order valence-electron chi connectivity index (χ3n) is 3.04. The molecule has 22 heavy (non-hydrogen) atoms. The van der Waals surface area contributed by atoms with Crippen LogP contribution in [0, 0.1) is 17.5 Å². The maximum atomic E-state index is 13.7. The van der Waals surface area contributed by atoms with Crippen LogP contribution in [0.2, 0.25) is 5.02 Å². The Morgan fingerprint density at radius 2 is 1.68 bits per heavy atom. The maximum absolute atomic E-state index is 13.7. The molecule has 0 aliphatic heterocycles. The van der Waals surface area contributed by atoms with Crippen LogP contribution in [0.5, 0.6) is 0 Å². The fourth-order valence-corrected chi connectivity index (χ4v) is 3.22. The molecule has 0 aliphatic carbocycles. The predicted molar refractivity (Wildman–Crippen MR) is 76.4 cm³/mol. The minimum Gasteiger partial charge on any atom is -0.207 e. The number of sulfonamides is 1. The van der Waals surface area contributed by atoms with E-state index in [1.54, 1.807) is 24.3 Å². The number of halogens is 4. The van der Waals surface area contributed by atoms with Crippen LogP contribution in [-0.4, -0.2) is 19.8 Å². The van der Waals surface area contributed by atoms with Gasteiger partial charge in [-0.2, -0.15) is 4.31 Å². The number of nitrogens with zero attached hydrogens (tertiary/aromatic N) is 1. The molecule has 2 aromatic carbocycles. The van der Waals surface area contributed by atoms with E-state index in [1.165, 1.54) is 7.05 Å². The molecule has 0 aliphatic rings. The second-order valence-electron chi connectivity index (χ2n) is 4.53. The van der Waals surface area contributed by atoms with E-state index in [-0.39, 0.29) is 6.54 Å². The van der Waals surface area contributed by atoms with Gasteiger partial charge in [0.1, 0.15) is 4.90 Å². The average Bonchev–Trinajstić information content (AvgIpc) is 2.47. The van der Waals surface area contributed by atoms with E-state index in [0.29, 0.717) is 22.7 Å². The van der Waals surface area contributed by atoms with Crippen molar-refractivity contribution in [3.63, 3.8) is 0 Å². The molecule has 2 rings (SSSR count). The Bertz CT molecular complexity index is 812. The van der Waals surface area contributed by atoms with Crippen molar-refractivity contribution in [2.45, 2.75) is 11.4 Å². The molecular formula is C14H11ClF3NO2S. The molecule has 0 N–H and O–H groups in total. The molecule has 0 heterocycles. The summed E-state index contributed by atoms with van der Waals surface area (Å²) >= 11 is 5.94. The van der Waals surface area contributed by atoms with Gasteiger partial charge in [0.15, 0.2) is 17.5 Å². The number of hydrogen-bond donors (Lipinski definition) is 0. The van der Waals surface area contributed by atoms with Crippen LogP contribution in [0.25, 0.3) is 0 Å². The Balaban J connectivity index is 2.39. The maximum Gasteiger partial charge on any atom is 0.246 e. The molecule has 118 valence electrons. The summed E-state index contributed by atoms with van der Waals surface area (Å²) < 4.78 is 65.2. The summed E-state index contributed by atoms with van der Waals surface area (Å²) in [5.74, 6) is -5.02. The third kappa shape index (κ3) is 3.11. The Kier molecular flexibility index (Phi) is 4.79. The summed E-state index contributed by atoms with van der Waals surface area (Å²) in [6, 6.07) is 7.78. The zero-order valence-electron chi connectivity index (χ0n) is 11.4. The lowest BCUT2D eigenvalue weighted by Gasteiger charge is -2.18. The SMILES string of the molecule is CN(Cc1ccccc1Cl)S(=O)(=O)c1ccc(F)c(F)c1F. The van der Waals surface area contributed by atoms with Crippen molar-refractivity contribution in [2.75, 3.05) is 7.05 Å². The first-order valence-corrected chi connectivity index (χ1v) is 7.90. The van der Waals surface area contributed by atoms with Crippen LogP contribution in [-0.2, 0) is 16.6 Å². The van der Waals surface area contributed by atoms with Crippen molar-refractivity contribution in [3.8, 4) is 0 Å². The topological polar surface area (TPSA) is 37.4 Å². The zero-order valence-corrected chi connectivity index (χ0v) is 12.9. The van der Waals surface area contributed by atoms with Crippen LogP contribution < -0.4 is 0 Å². The van der Waals surface area contributed by atoms with Gasteiger partial charge in [0.2, 0.25) is 10.0 Å². The van der Waals surface area contributed by atoms with Crippen LogP contribution in [0.1, 0.15) is 5.56 Å². The first-order valence-electron chi connectivity index (χ1n) is 6.08. The van der Waals surface area contributed by atoms with Crippen molar-refractivity contribution >= 4 is 21.6 Å². The quantitative estimate of drug-likeness (QED) is 0.791. The van der Waals surface area contributed by atoms with Gasteiger partial charge in [0.05, 0.1) is 0 Å². The second kappa shape index (κ2) is 6.28. The summed E-state index contributed by atoms with van der Waals surface area (Å²) in [4.78, 5) is -0.930. The highest BCUT2D eigenvalue weighted by Gasteiger charge is 2.28. The Morgan fingerprint density at radius 1 is 1.05 bits per heavy atom. The molecule has 3 nitrogen and oxygen atoms in total. The molecule has 0 radical (unpaired) electrons. The van der Waals surface area contributed by atoms with Gasteiger partial charge in [-0.05, 0) is 23.8 Å². The van der Waals surface area contributed by atoms with E-state index in [4.69, 9.17) is 11.6 Å². The summed E-state index contributed by atoms with van der Waals surface area (Å²) in [6.07, 6.45) is 0. The van der Waals surface area contributed by atoms with Crippen LogP contribution >= 0.6 is 11.6 Å². The number of benzene rings is 2. The van der Waals surface area contributed by atoms with Gasteiger partial charge >= 0.3 is 0 Å². The van der Waals surface area contributed by atoms with Crippen LogP contribution in [0.3, 0.4) is 0 Å². The van der Waals surface area contributed by atoms with E-state index in [1.807, 2.05) is 0 Å². The molecule has 2 aromatic rings. The molecule has 0 unspecified atom stereocenters. The number of rotatable bonds is 4. The molecule has 0 saturated carbocycles. The highest BCUT2D eigenvalue weighted by molar-refractivity contribution is 7.89. The van der Waals surface area contributed by atoms with E-state index >= 15 is 0 Å². The smallest absolute Gasteiger partial charge is 0.207 e. The summed E-state index contributed by atoms with van der Waals surface area (Å²) in [5, 5.41) is 0.343.